The Bertz CT molecular complexity index is 696. The second-order valence-corrected chi connectivity index (χ2v) is 12.2. The van der Waals surface area contributed by atoms with Gasteiger partial charge in [0.05, 0.1) is 12.2 Å². The van der Waals surface area contributed by atoms with Crippen LogP contribution in [0.25, 0.3) is 0 Å². The van der Waals surface area contributed by atoms with Gasteiger partial charge >= 0.3 is 0 Å². The van der Waals surface area contributed by atoms with E-state index < -0.39 is 0 Å². The Labute approximate surface area is 183 Å². The number of hydrogen-bond acceptors (Lipinski definition) is 3. The van der Waals surface area contributed by atoms with Gasteiger partial charge in [0, 0.05) is 6.42 Å². The van der Waals surface area contributed by atoms with Gasteiger partial charge in [-0.2, -0.15) is 0 Å². The third-order valence-corrected chi connectivity index (χ3v) is 10.3. The lowest BCUT2D eigenvalue weighted by molar-refractivity contribution is -0.168. The molecule has 0 spiro atoms. The highest BCUT2D eigenvalue weighted by Gasteiger charge is 2.64. The van der Waals surface area contributed by atoms with E-state index >= 15 is 0 Å². The first-order chi connectivity index (χ1) is 14.1. The molecule has 3 nitrogen and oxygen atoms in total. The molecule has 9 unspecified atom stereocenters. The zero-order valence-corrected chi connectivity index (χ0v) is 19.9. The van der Waals surface area contributed by atoms with Crippen LogP contribution < -0.4 is 0 Å². The third-order valence-electron chi connectivity index (χ3n) is 10.3. The molecule has 0 bridgehead atoms. The van der Waals surface area contributed by atoms with E-state index in [0.717, 1.165) is 30.8 Å². The van der Waals surface area contributed by atoms with E-state index in [4.69, 9.17) is 0 Å². The summed E-state index contributed by atoms with van der Waals surface area (Å²) < 4.78 is 0. The van der Waals surface area contributed by atoms with Crippen LogP contribution in [0.3, 0.4) is 0 Å². The van der Waals surface area contributed by atoms with Gasteiger partial charge in [-0.25, -0.2) is 0 Å². The summed E-state index contributed by atoms with van der Waals surface area (Å²) in [6.45, 7) is 11.7. The van der Waals surface area contributed by atoms with Crippen molar-refractivity contribution in [3.05, 3.63) is 11.6 Å². The van der Waals surface area contributed by atoms with Gasteiger partial charge < -0.3 is 10.2 Å². The molecular weight excluding hydrogens is 372 g/mol. The van der Waals surface area contributed by atoms with Crippen molar-refractivity contribution >= 4 is 5.78 Å². The highest BCUT2D eigenvalue weighted by molar-refractivity contribution is 5.91. The Kier molecular flexibility index (Phi) is 6.03. The molecule has 0 aromatic rings. The standard InChI is InChI=1S/C27H44O3/c1-16(2)7-6-8-17(3)20-9-10-21-25-22(15-24(30)27(20,21)5)26(4)12-11-19(28)13-18(26)14-23(25)29/h13,16-17,20-25,29-30H,6-12,14-15H2,1-5H3. The van der Waals surface area contributed by atoms with Gasteiger partial charge in [-0.3, -0.25) is 4.79 Å². The molecule has 0 radical (unpaired) electrons. The van der Waals surface area contributed by atoms with E-state index in [2.05, 4.69) is 34.6 Å². The van der Waals surface area contributed by atoms with Crippen molar-refractivity contribution in [1.29, 1.82) is 0 Å². The third kappa shape index (κ3) is 3.43. The van der Waals surface area contributed by atoms with E-state index in [1.807, 2.05) is 6.08 Å². The summed E-state index contributed by atoms with van der Waals surface area (Å²) in [4.78, 5) is 12.1. The zero-order chi connectivity index (χ0) is 21.8. The second-order valence-electron chi connectivity index (χ2n) is 12.2. The molecule has 0 aromatic carbocycles. The van der Waals surface area contributed by atoms with Gasteiger partial charge in [-0.05, 0) is 84.5 Å². The van der Waals surface area contributed by atoms with E-state index in [9.17, 15) is 15.0 Å². The van der Waals surface area contributed by atoms with Gasteiger partial charge in [0.25, 0.3) is 0 Å². The average Bonchev–Trinajstić information content (AvgIpc) is 3.02. The summed E-state index contributed by atoms with van der Waals surface area (Å²) in [5.74, 6) is 3.11. The Hall–Kier alpha value is -0.670. The largest absolute Gasteiger partial charge is 0.393 e. The van der Waals surface area contributed by atoms with Crippen LogP contribution in [0.4, 0.5) is 0 Å². The lowest BCUT2D eigenvalue weighted by atomic mass is 9.45. The zero-order valence-electron chi connectivity index (χ0n) is 19.9. The van der Waals surface area contributed by atoms with Crippen LogP contribution in [-0.2, 0) is 4.79 Å². The molecule has 9 atom stereocenters. The van der Waals surface area contributed by atoms with Crippen molar-refractivity contribution in [1.82, 2.24) is 0 Å². The molecule has 3 heteroatoms. The predicted molar refractivity (Wildman–Crippen MR) is 121 cm³/mol. The van der Waals surface area contributed by atoms with Crippen LogP contribution in [0.15, 0.2) is 11.6 Å². The molecule has 2 N–H and O–H groups in total. The van der Waals surface area contributed by atoms with Gasteiger partial charge in [-0.1, -0.05) is 59.5 Å². The summed E-state index contributed by atoms with van der Waals surface area (Å²) in [6, 6.07) is 0. The van der Waals surface area contributed by atoms with Crippen LogP contribution in [0.5, 0.6) is 0 Å². The van der Waals surface area contributed by atoms with Crippen LogP contribution in [0.1, 0.15) is 92.4 Å². The van der Waals surface area contributed by atoms with Crippen molar-refractivity contribution < 1.29 is 15.0 Å². The van der Waals surface area contributed by atoms with Crippen molar-refractivity contribution in [2.24, 2.45) is 46.3 Å². The Morgan fingerprint density at radius 1 is 1.10 bits per heavy atom. The molecular formula is C27H44O3. The predicted octanol–water partition coefficient (Wildman–Crippen LogP) is 5.54. The summed E-state index contributed by atoms with van der Waals surface area (Å²) in [6.07, 6.45) is 10.2. The van der Waals surface area contributed by atoms with Crippen molar-refractivity contribution in [3.63, 3.8) is 0 Å². The minimum absolute atomic E-state index is 0.0267. The number of carbonyl (C=O) groups excluding carboxylic acids is 1. The Balaban J connectivity index is 1.59. The average molecular weight is 417 g/mol. The molecule has 0 aromatic heterocycles. The number of aliphatic hydroxyl groups is 2. The maximum atomic E-state index is 12.1. The quantitative estimate of drug-likeness (QED) is 0.619. The molecule has 30 heavy (non-hydrogen) atoms. The maximum absolute atomic E-state index is 12.1. The number of fused-ring (bicyclic) bond motifs is 5. The normalized spacial score (nSPS) is 46.8. The number of rotatable bonds is 5. The highest BCUT2D eigenvalue weighted by atomic mass is 16.3. The first kappa shape index (κ1) is 22.5. The smallest absolute Gasteiger partial charge is 0.155 e. The van der Waals surface area contributed by atoms with Crippen LogP contribution >= 0.6 is 0 Å². The van der Waals surface area contributed by atoms with Gasteiger partial charge in [0.1, 0.15) is 0 Å². The maximum Gasteiger partial charge on any atom is 0.155 e. The fraction of sp³-hybridized carbons (Fsp3) is 0.889. The molecule has 0 amide bonds. The second kappa shape index (κ2) is 8.03. The number of carbonyl (C=O) groups is 1. The monoisotopic (exact) mass is 416 g/mol. The molecule has 0 saturated heterocycles. The molecule has 4 aliphatic rings. The molecule has 4 rings (SSSR count). The highest BCUT2D eigenvalue weighted by Crippen LogP contribution is 2.67. The van der Waals surface area contributed by atoms with Crippen LogP contribution in [0, 0.1) is 46.3 Å². The van der Waals surface area contributed by atoms with E-state index in [0.29, 0.717) is 36.5 Å². The molecule has 170 valence electrons. The summed E-state index contributed by atoms with van der Waals surface area (Å²) >= 11 is 0. The molecule has 3 saturated carbocycles. The molecule has 3 fully saturated rings. The molecule has 0 heterocycles. The van der Waals surface area contributed by atoms with Gasteiger partial charge in [-0.15, -0.1) is 0 Å². The fourth-order valence-corrected chi connectivity index (χ4v) is 8.51. The van der Waals surface area contributed by atoms with Crippen LogP contribution in [-0.4, -0.2) is 28.2 Å². The topological polar surface area (TPSA) is 57.5 Å². The molecule has 4 aliphatic carbocycles. The van der Waals surface area contributed by atoms with Gasteiger partial charge in [0.2, 0.25) is 0 Å². The lowest BCUT2D eigenvalue weighted by Crippen LogP contribution is -2.60. The SMILES string of the molecule is CC(C)CCCC(C)C1CCC2C3C(O)CC4=CC(=O)CCC4(C)C3CC(O)C12C. The number of hydrogen-bond donors (Lipinski definition) is 2. The first-order valence-corrected chi connectivity index (χ1v) is 12.7. The first-order valence-electron chi connectivity index (χ1n) is 12.7. The van der Waals surface area contributed by atoms with Crippen molar-refractivity contribution in [3.8, 4) is 0 Å². The summed E-state index contributed by atoms with van der Waals surface area (Å²) in [7, 11) is 0. The van der Waals surface area contributed by atoms with Crippen molar-refractivity contribution in [2.45, 2.75) is 105 Å². The van der Waals surface area contributed by atoms with Crippen LogP contribution in [0.2, 0.25) is 0 Å². The number of aliphatic hydroxyl groups excluding tert-OH is 2. The fourth-order valence-electron chi connectivity index (χ4n) is 8.51. The van der Waals surface area contributed by atoms with E-state index in [1.54, 1.807) is 0 Å². The lowest BCUT2D eigenvalue weighted by Gasteiger charge is -2.61. The van der Waals surface area contributed by atoms with E-state index in [-0.39, 0.29) is 34.7 Å². The Morgan fingerprint density at radius 2 is 1.83 bits per heavy atom. The Morgan fingerprint density at radius 3 is 2.53 bits per heavy atom. The minimum Gasteiger partial charge on any atom is -0.393 e. The minimum atomic E-state index is -0.368. The number of ketones is 1. The van der Waals surface area contributed by atoms with Gasteiger partial charge in [0.15, 0.2) is 5.78 Å². The van der Waals surface area contributed by atoms with Crippen molar-refractivity contribution in [2.75, 3.05) is 0 Å². The summed E-state index contributed by atoms with van der Waals surface area (Å²) in [5, 5.41) is 22.9. The van der Waals surface area contributed by atoms with E-state index in [1.165, 1.54) is 25.7 Å². The summed E-state index contributed by atoms with van der Waals surface area (Å²) in [5.41, 5.74) is 1.04. The molecule has 0 aliphatic heterocycles.